The fraction of sp³-hybridized carbons (Fsp3) is 0.750. The molecule has 6 nitrogen and oxygen atoms in total. The minimum atomic E-state index is -0.0932. The van der Waals surface area contributed by atoms with Crippen LogP contribution in [-0.2, 0) is 4.74 Å². The van der Waals surface area contributed by atoms with Gasteiger partial charge in [-0.25, -0.2) is 0 Å². The van der Waals surface area contributed by atoms with Crippen molar-refractivity contribution in [2.45, 2.75) is 57.8 Å². The van der Waals surface area contributed by atoms with Crippen molar-refractivity contribution in [3.05, 3.63) is 17.5 Å². The highest BCUT2D eigenvalue weighted by molar-refractivity contribution is 5.92. The van der Waals surface area contributed by atoms with Gasteiger partial charge >= 0.3 is 0 Å². The monoisotopic (exact) mass is 306 g/mol. The maximum atomic E-state index is 12.2. The lowest BCUT2D eigenvalue weighted by Crippen LogP contribution is -2.52. The number of carbonyl (C=O) groups excluding carboxylic acids is 1. The van der Waals surface area contributed by atoms with Gasteiger partial charge in [-0.15, -0.1) is 0 Å². The Labute approximate surface area is 131 Å². The van der Waals surface area contributed by atoms with Crippen molar-refractivity contribution in [1.29, 1.82) is 0 Å². The average Bonchev–Trinajstić information content (AvgIpc) is 3.20. The van der Waals surface area contributed by atoms with E-state index in [-0.39, 0.29) is 18.1 Å². The maximum Gasteiger partial charge on any atom is 0.271 e. The molecule has 2 heterocycles. The Balaban J connectivity index is 1.49. The Bertz CT molecular complexity index is 516. The van der Waals surface area contributed by atoms with Crippen molar-refractivity contribution in [3.63, 3.8) is 0 Å². The summed E-state index contributed by atoms with van der Waals surface area (Å²) in [6.07, 6.45) is 2.89. The second kappa shape index (κ2) is 6.38. The molecule has 0 unspecified atom stereocenters. The van der Waals surface area contributed by atoms with Crippen LogP contribution >= 0.6 is 0 Å². The average molecular weight is 306 g/mol. The highest BCUT2D eigenvalue weighted by atomic mass is 16.5. The molecule has 0 bridgehead atoms. The maximum absolute atomic E-state index is 12.2. The molecule has 1 amide bonds. The molecule has 1 aliphatic carbocycles. The van der Waals surface area contributed by atoms with E-state index in [1.54, 1.807) is 0 Å². The van der Waals surface area contributed by atoms with Crippen LogP contribution in [-0.4, -0.2) is 58.9 Å². The first kappa shape index (κ1) is 15.5. The van der Waals surface area contributed by atoms with Gasteiger partial charge in [-0.3, -0.25) is 14.8 Å². The summed E-state index contributed by atoms with van der Waals surface area (Å²) in [6.45, 7) is 8.79. The molecule has 3 atom stereocenters. The van der Waals surface area contributed by atoms with Crippen LogP contribution < -0.4 is 5.32 Å². The molecule has 1 aliphatic heterocycles. The smallest absolute Gasteiger partial charge is 0.271 e. The number of aromatic nitrogens is 2. The number of nitrogens with zero attached hydrogens (tertiary/aromatic N) is 2. The molecule has 0 spiro atoms. The van der Waals surface area contributed by atoms with Crippen LogP contribution in [0.15, 0.2) is 6.07 Å². The third kappa shape index (κ3) is 3.67. The molecule has 1 saturated carbocycles. The lowest BCUT2D eigenvalue weighted by atomic mass is 10.1. The van der Waals surface area contributed by atoms with E-state index in [0.717, 1.165) is 18.8 Å². The Morgan fingerprint density at radius 3 is 2.77 bits per heavy atom. The number of amides is 1. The summed E-state index contributed by atoms with van der Waals surface area (Å²) in [4.78, 5) is 14.6. The number of aromatic amines is 1. The number of H-pyrrole nitrogens is 1. The molecule has 3 rings (SSSR count). The van der Waals surface area contributed by atoms with Gasteiger partial charge in [0.05, 0.1) is 12.2 Å². The van der Waals surface area contributed by atoms with Crippen molar-refractivity contribution < 1.29 is 9.53 Å². The van der Waals surface area contributed by atoms with E-state index >= 15 is 0 Å². The molecule has 2 fully saturated rings. The van der Waals surface area contributed by atoms with E-state index in [4.69, 9.17) is 4.74 Å². The number of ether oxygens (including phenoxy) is 1. The van der Waals surface area contributed by atoms with E-state index in [1.165, 1.54) is 12.8 Å². The Hall–Kier alpha value is -1.40. The van der Waals surface area contributed by atoms with E-state index in [9.17, 15) is 4.79 Å². The molecule has 6 heteroatoms. The zero-order valence-corrected chi connectivity index (χ0v) is 13.6. The summed E-state index contributed by atoms with van der Waals surface area (Å²) in [5, 5.41) is 10.1. The lowest BCUT2D eigenvalue weighted by Gasteiger charge is -2.38. The molecular weight excluding hydrogens is 280 g/mol. The van der Waals surface area contributed by atoms with Crippen molar-refractivity contribution in [2.75, 3.05) is 19.6 Å². The molecular formula is C16H26N4O2. The van der Waals surface area contributed by atoms with Crippen LogP contribution in [0.25, 0.3) is 0 Å². The Morgan fingerprint density at radius 1 is 1.45 bits per heavy atom. The zero-order chi connectivity index (χ0) is 15.7. The normalized spacial score (nSPS) is 27.6. The minimum Gasteiger partial charge on any atom is -0.373 e. The van der Waals surface area contributed by atoms with Gasteiger partial charge in [0.2, 0.25) is 0 Å². The number of nitrogens with one attached hydrogen (secondary N) is 2. The second-order valence-corrected chi connectivity index (χ2v) is 6.75. The Morgan fingerprint density at radius 2 is 2.14 bits per heavy atom. The summed E-state index contributed by atoms with van der Waals surface area (Å²) in [7, 11) is 0. The van der Waals surface area contributed by atoms with Crippen LogP contribution in [0, 0.1) is 0 Å². The second-order valence-electron chi connectivity index (χ2n) is 6.75. The van der Waals surface area contributed by atoms with Gasteiger partial charge in [-0.05, 0) is 39.7 Å². The number of rotatable bonds is 5. The van der Waals surface area contributed by atoms with Gasteiger partial charge in [-0.1, -0.05) is 0 Å². The quantitative estimate of drug-likeness (QED) is 0.865. The molecule has 1 aromatic heterocycles. The van der Waals surface area contributed by atoms with E-state index in [1.807, 2.05) is 6.07 Å². The molecule has 1 saturated heterocycles. The van der Waals surface area contributed by atoms with Gasteiger partial charge in [0, 0.05) is 37.3 Å². The van der Waals surface area contributed by atoms with Crippen molar-refractivity contribution >= 4 is 5.91 Å². The largest absolute Gasteiger partial charge is 0.373 e. The third-order valence-electron chi connectivity index (χ3n) is 4.48. The van der Waals surface area contributed by atoms with Crippen molar-refractivity contribution in [2.24, 2.45) is 0 Å². The fourth-order valence-electron chi connectivity index (χ4n) is 3.09. The standard InChI is InChI=1S/C16H26N4O2/c1-10(20-8-11(2)22-12(3)9-20)7-17-16(21)15-6-14(18-19-15)13-4-5-13/h6,10-13H,4-5,7-9H2,1-3H3,(H,17,21)(H,18,19)/t10-,11-,12+/m0/s1. The first-order valence-corrected chi connectivity index (χ1v) is 8.26. The van der Waals surface area contributed by atoms with Crippen molar-refractivity contribution in [3.8, 4) is 0 Å². The highest BCUT2D eigenvalue weighted by Crippen LogP contribution is 2.38. The van der Waals surface area contributed by atoms with Gasteiger partial charge in [0.25, 0.3) is 5.91 Å². The van der Waals surface area contributed by atoms with E-state index in [0.29, 0.717) is 24.2 Å². The predicted molar refractivity (Wildman–Crippen MR) is 83.9 cm³/mol. The van der Waals surface area contributed by atoms with Crippen LogP contribution in [0.4, 0.5) is 0 Å². The van der Waals surface area contributed by atoms with Gasteiger partial charge in [0.15, 0.2) is 0 Å². The topological polar surface area (TPSA) is 70.2 Å². The van der Waals surface area contributed by atoms with Gasteiger partial charge < -0.3 is 10.1 Å². The molecule has 0 aromatic carbocycles. The summed E-state index contributed by atoms with van der Waals surface area (Å²) in [5.41, 5.74) is 1.59. The summed E-state index contributed by atoms with van der Waals surface area (Å²) in [5.74, 6) is 0.494. The number of hydrogen-bond donors (Lipinski definition) is 2. The molecule has 2 N–H and O–H groups in total. The van der Waals surface area contributed by atoms with Gasteiger partial charge in [-0.2, -0.15) is 5.10 Å². The predicted octanol–water partition coefficient (Wildman–Crippen LogP) is 1.51. The lowest BCUT2D eigenvalue weighted by molar-refractivity contribution is -0.0778. The van der Waals surface area contributed by atoms with Crippen LogP contribution in [0.1, 0.15) is 55.7 Å². The molecule has 2 aliphatic rings. The first-order valence-electron chi connectivity index (χ1n) is 8.26. The zero-order valence-electron chi connectivity index (χ0n) is 13.6. The summed E-state index contributed by atoms with van der Waals surface area (Å²) < 4.78 is 5.75. The van der Waals surface area contributed by atoms with Crippen LogP contribution in [0.5, 0.6) is 0 Å². The summed E-state index contributed by atoms with van der Waals surface area (Å²) >= 11 is 0. The van der Waals surface area contributed by atoms with Crippen molar-refractivity contribution in [1.82, 2.24) is 20.4 Å². The van der Waals surface area contributed by atoms with Crippen LogP contribution in [0.3, 0.4) is 0 Å². The molecule has 22 heavy (non-hydrogen) atoms. The fourth-order valence-corrected chi connectivity index (χ4v) is 3.09. The number of hydrogen-bond acceptors (Lipinski definition) is 4. The molecule has 0 radical (unpaired) electrons. The van der Waals surface area contributed by atoms with E-state index < -0.39 is 0 Å². The molecule has 122 valence electrons. The summed E-state index contributed by atoms with van der Waals surface area (Å²) in [6, 6.07) is 2.18. The number of morpholine rings is 1. The number of carbonyl (C=O) groups is 1. The van der Waals surface area contributed by atoms with Gasteiger partial charge in [0.1, 0.15) is 5.69 Å². The Kier molecular flexibility index (Phi) is 4.49. The first-order chi connectivity index (χ1) is 10.5. The minimum absolute atomic E-state index is 0.0932. The molecule has 1 aromatic rings. The SMILES string of the molecule is C[C@@H]1CN([C@@H](C)CNC(=O)c2cc(C3CC3)[nH]n2)C[C@H](C)O1. The van der Waals surface area contributed by atoms with E-state index in [2.05, 4.69) is 41.2 Å². The highest BCUT2D eigenvalue weighted by Gasteiger charge is 2.28. The third-order valence-corrected chi connectivity index (χ3v) is 4.48. The van der Waals surface area contributed by atoms with Crippen LogP contribution in [0.2, 0.25) is 0 Å².